The molecule has 1 amide bonds. The number of nitro benzene ring substituents is 1. The van der Waals surface area contributed by atoms with Crippen molar-refractivity contribution in [3.63, 3.8) is 0 Å². The molecule has 0 aliphatic heterocycles. The van der Waals surface area contributed by atoms with Crippen LogP contribution in [0.2, 0.25) is 5.02 Å². The summed E-state index contributed by atoms with van der Waals surface area (Å²) in [7, 11) is 0. The molecule has 7 nitrogen and oxygen atoms in total. The summed E-state index contributed by atoms with van der Waals surface area (Å²) < 4.78 is 5.66. The fourth-order valence-corrected chi connectivity index (χ4v) is 2.23. The van der Waals surface area contributed by atoms with Crippen LogP contribution in [0.1, 0.15) is 5.56 Å². The molecule has 2 aromatic carbocycles. The van der Waals surface area contributed by atoms with Crippen molar-refractivity contribution < 1.29 is 14.5 Å². The van der Waals surface area contributed by atoms with Gasteiger partial charge in [0.1, 0.15) is 5.75 Å². The highest BCUT2D eigenvalue weighted by atomic mass is 79.9. The highest BCUT2D eigenvalue weighted by molar-refractivity contribution is 9.10. The van der Waals surface area contributed by atoms with E-state index in [1.54, 1.807) is 24.3 Å². The van der Waals surface area contributed by atoms with E-state index in [4.69, 9.17) is 16.3 Å². The van der Waals surface area contributed by atoms with Gasteiger partial charge in [-0.05, 0) is 39.7 Å². The van der Waals surface area contributed by atoms with Gasteiger partial charge in [-0.15, -0.1) is 0 Å². The Bertz CT molecular complexity index is 781. The Kier molecular flexibility index (Phi) is 6.28. The number of benzene rings is 2. The zero-order valence-corrected chi connectivity index (χ0v) is 14.5. The quantitative estimate of drug-likeness (QED) is 0.446. The highest BCUT2D eigenvalue weighted by Crippen LogP contribution is 2.28. The van der Waals surface area contributed by atoms with Crippen LogP contribution in [0.3, 0.4) is 0 Å². The molecule has 0 aliphatic carbocycles. The van der Waals surface area contributed by atoms with Crippen molar-refractivity contribution in [1.82, 2.24) is 5.43 Å². The van der Waals surface area contributed by atoms with Gasteiger partial charge in [0.2, 0.25) is 0 Å². The van der Waals surface area contributed by atoms with Gasteiger partial charge in [0.25, 0.3) is 11.6 Å². The Labute approximate surface area is 150 Å². The lowest BCUT2D eigenvalue weighted by atomic mass is 10.2. The number of hydrogen-bond donors (Lipinski definition) is 1. The van der Waals surface area contributed by atoms with Crippen molar-refractivity contribution >= 4 is 45.3 Å². The number of carbonyl (C=O) groups excluding carboxylic acids is 1. The highest BCUT2D eigenvalue weighted by Gasteiger charge is 2.11. The Hall–Kier alpha value is -2.45. The molecular formula is C15H11BrClN3O4. The van der Waals surface area contributed by atoms with E-state index in [1.165, 1.54) is 24.4 Å². The lowest BCUT2D eigenvalue weighted by Crippen LogP contribution is -2.24. The zero-order valence-electron chi connectivity index (χ0n) is 12.1. The number of hydrazone groups is 1. The number of halogens is 2. The molecule has 24 heavy (non-hydrogen) atoms. The molecule has 2 aromatic rings. The van der Waals surface area contributed by atoms with Crippen molar-refractivity contribution in [3.05, 3.63) is 67.6 Å². The first-order valence-corrected chi connectivity index (χ1v) is 7.77. The van der Waals surface area contributed by atoms with E-state index in [0.29, 0.717) is 15.2 Å². The topological polar surface area (TPSA) is 93.8 Å². The third-order valence-corrected chi connectivity index (χ3v) is 3.63. The molecule has 0 heterocycles. The number of hydrogen-bond acceptors (Lipinski definition) is 5. The van der Waals surface area contributed by atoms with Crippen LogP contribution in [0.25, 0.3) is 0 Å². The van der Waals surface area contributed by atoms with Crippen molar-refractivity contribution in [2.45, 2.75) is 0 Å². The number of nitrogens with zero attached hydrogens (tertiary/aromatic N) is 2. The molecule has 2 rings (SSSR count). The van der Waals surface area contributed by atoms with Crippen molar-refractivity contribution in [2.24, 2.45) is 5.10 Å². The molecule has 0 spiro atoms. The standard InChI is InChI=1S/C15H11BrClN3O4/c16-13-7-12(20(22)23)5-6-14(13)24-9-15(21)19-18-8-10-1-3-11(17)4-2-10/h1-8H,9H2,(H,19,21). The van der Waals surface area contributed by atoms with E-state index < -0.39 is 10.8 Å². The average molecular weight is 413 g/mol. The molecule has 0 saturated carbocycles. The predicted octanol–water partition coefficient (Wildman–Crippen LogP) is 3.54. The first-order valence-electron chi connectivity index (χ1n) is 6.60. The van der Waals surface area contributed by atoms with Crippen LogP contribution < -0.4 is 10.2 Å². The van der Waals surface area contributed by atoms with Gasteiger partial charge in [0, 0.05) is 17.2 Å². The van der Waals surface area contributed by atoms with Crippen molar-refractivity contribution in [1.29, 1.82) is 0 Å². The Morgan fingerprint density at radius 3 is 2.67 bits per heavy atom. The maximum atomic E-state index is 11.7. The van der Waals surface area contributed by atoms with Crippen LogP contribution in [0.15, 0.2) is 52.0 Å². The number of amides is 1. The molecule has 1 N–H and O–H groups in total. The lowest BCUT2D eigenvalue weighted by molar-refractivity contribution is -0.384. The van der Waals surface area contributed by atoms with Crippen LogP contribution in [0.4, 0.5) is 5.69 Å². The number of ether oxygens (including phenoxy) is 1. The maximum absolute atomic E-state index is 11.7. The van der Waals surface area contributed by atoms with Crippen molar-refractivity contribution in [3.8, 4) is 5.75 Å². The minimum atomic E-state index is -0.521. The second kappa shape index (κ2) is 8.42. The second-order valence-electron chi connectivity index (χ2n) is 4.51. The fourth-order valence-electron chi connectivity index (χ4n) is 1.62. The summed E-state index contributed by atoms with van der Waals surface area (Å²) in [4.78, 5) is 21.8. The third kappa shape index (κ3) is 5.32. The summed E-state index contributed by atoms with van der Waals surface area (Å²) >= 11 is 8.92. The largest absolute Gasteiger partial charge is 0.483 e. The second-order valence-corrected chi connectivity index (χ2v) is 5.80. The van der Waals surface area contributed by atoms with E-state index in [9.17, 15) is 14.9 Å². The summed E-state index contributed by atoms with van der Waals surface area (Å²) in [5, 5.41) is 15.0. The molecule has 0 atom stereocenters. The molecule has 0 unspecified atom stereocenters. The minimum absolute atomic E-state index is 0.0776. The summed E-state index contributed by atoms with van der Waals surface area (Å²) in [5.74, 6) is -0.150. The molecule has 0 saturated heterocycles. The number of nitro groups is 1. The predicted molar refractivity (Wildman–Crippen MR) is 93.5 cm³/mol. The molecular weight excluding hydrogens is 402 g/mol. The van der Waals surface area contributed by atoms with E-state index in [2.05, 4.69) is 26.5 Å². The van der Waals surface area contributed by atoms with Gasteiger partial charge in [-0.1, -0.05) is 23.7 Å². The van der Waals surface area contributed by atoms with Gasteiger partial charge in [-0.25, -0.2) is 5.43 Å². The monoisotopic (exact) mass is 411 g/mol. The number of carbonyl (C=O) groups is 1. The number of non-ortho nitro benzene ring substituents is 1. The number of nitrogens with one attached hydrogen (secondary N) is 1. The minimum Gasteiger partial charge on any atom is -0.483 e. The van der Waals surface area contributed by atoms with Crippen LogP contribution in [-0.2, 0) is 4.79 Å². The van der Waals surface area contributed by atoms with Crippen LogP contribution in [-0.4, -0.2) is 23.7 Å². The molecule has 0 fully saturated rings. The first kappa shape index (κ1) is 17.9. The Morgan fingerprint density at radius 1 is 1.33 bits per heavy atom. The first-order chi connectivity index (χ1) is 11.5. The van der Waals surface area contributed by atoms with E-state index >= 15 is 0 Å². The Morgan fingerprint density at radius 2 is 2.04 bits per heavy atom. The van der Waals surface area contributed by atoms with Gasteiger partial charge in [0.05, 0.1) is 15.6 Å². The van der Waals surface area contributed by atoms with Crippen LogP contribution in [0.5, 0.6) is 5.75 Å². The molecule has 0 bridgehead atoms. The molecule has 0 aliphatic rings. The van der Waals surface area contributed by atoms with Gasteiger partial charge in [-0.3, -0.25) is 14.9 Å². The smallest absolute Gasteiger partial charge is 0.277 e. The van der Waals surface area contributed by atoms with E-state index in [1.807, 2.05) is 0 Å². The van der Waals surface area contributed by atoms with Gasteiger partial charge in [-0.2, -0.15) is 5.10 Å². The summed E-state index contributed by atoms with van der Waals surface area (Å²) in [6.07, 6.45) is 1.47. The van der Waals surface area contributed by atoms with Gasteiger partial charge < -0.3 is 4.74 Å². The Balaban J connectivity index is 1.85. The van der Waals surface area contributed by atoms with Crippen LogP contribution in [0, 0.1) is 10.1 Å². The molecule has 0 radical (unpaired) electrons. The van der Waals surface area contributed by atoms with E-state index in [0.717, 1.165) is 5.56 Å². The summed E-state index contributed by atoms with van der Waals surface area (Å²) in [6.45, 7) is -0.283. The van der Waals surface area contributed by atoms with Gasteiger partial charge in [0.15, 0.2) is 6.61 Å². The molecule has 9 heteroatoms. The maximum Gasteiger partial charge on any atom is 0.277 e. The normalized spacial score (nSPS) is 10.6. The third-order valence-electron chi connectivity index (χ3n) is 2.76. The summed E-state index contributed by atoms with van der Waals surface area (Å²) in [5.41, 5.74) is 3.01. The van der Waals surface area contributed by atoms with Crippen LogP contribution >= 0.6 is 27.5 Å². The van der Waals surface area contributed by atoms with Crippen molar-refractivity contribution in [2.75, 3.05) is 6.61 Å². The van der Waals surface area contributed by atoms with E-state index in [-0.39, 0.29) is 12.3 Å². The number of rotatable bonds is 6. The average Bonchev–Trinajstić information content (AvgIpc) is 2.55. The zero-order chi connectivity index (χ0) is 17.5. The lowest BCUT2D eigenvalue weighted by Gasteiger charge is -2.06. The SMILES string of the molecule is O=C(COc1ccc([N+](=O)[O-])cc1Br)NN=Cc1ccc(Cl)cc1. The van der Waals surface area contributed by atoms with Gasteiger partial charge >= 0.3 is 0 Å². The summed E-state index contributed by atoms with van der Waals surface area (Å²) in [6, 6.07) is 10.9. The molecule has 124 valence electrons. The fraction of sp³-hybridized carbons (Fsp3) is 0.0667. The molecule has 0 aromatic heterocycles.